The van der Waals surface area contributed by atoms with E-state index in [1.54, 1.807) is 31.0 Å². The topological polar surface area (TPSA) is 107 Å². The Labute approximate surface area is 259 Å². The average Bonchev–Trinajstić information content (AvgIpc) is 3.79. The van der Waals surface area contributed by atoms with E-state index in [4.69, 9.17) is 6.42 Å². The fourth-order valence-electron chi connectivity index (χ4n) is 4.11. The molecule has 0 N–H and O–H groups in total. The zero-order chi connectivity index (χ0) is 29.2. The van der Waals surface area contributed by atoms with E-state index in [2.05, 4.69) is 40.4 Å². The molecule has 0 spiro atoms. The van der Waals surface area contributed by atoms with Gasteiger partial charge in [-0.05, 0) is 12.8 Å². The van der Waals surface area contributed by atoms with Gasteiger partial charge in [-0.1, -0.05) is 0 Å². The molecule has 0 unspecified atom stereocenters. The third-order valence-electron chi connectivity index (χ3n) is 6.39. The van der Waals surface area contributed by atoms with Crippen molar-refractivity contribution in [3.05, 3.63) is 74.4 Å². The molecule has 0 radical (unpaired) electrons. The van der Waals surface area contributed by atoms with Crippen molar-refractivity contribution in [1.29, 1.82) is 0 Å². The van der Waals surface area contributed by atoms with E-state index in [0.717, 1.165) is 60.8 Å². The summed E-state index contributed by atoms with van der Waals surface area (Å²) in [7, 11) is 9.79. The number of nitrogens with zero attached hydrogens (tertiary/aromatic N) is 12. The van der Waals surface area contributed by atoms with Crippen molar-refractivity contribution in [2.75, 3.05) is 0 Å². The van der Waals surface area contributed by atoms with Crippen LogP contribution >= 0.6 is 0 Å². The molecule has 0 amide bonds. The third kappa shape index (κ3) is 7.80. The second kappa shape index (κ2) is 15.5. The molecule has 13 heteroatoms. The van der Waals surface area contributed by atoms with Crippen molar-refractivity contribution < 1.29 is 19.8 Å². The monoisotopic (exact) mass is 744 g/mol. The summed E-state index contributed by atoms with van der Waals surface area (Å²) < 4.78 is 11.9. The number of aryl methyl sites for hydroxylation is 6. The third-order valence-corrected chi connectivity index (χ3v) is 6.39. The summed E-state index contributed by atoms with van der Waals surface area (Å²) in [4.78, 5) is 25.5. The Kier molecular flexibility index (Phi) is 11.8. The van der Waals surface area contributed by atoms with E-state index in [9.17, 15) is 0 Å². The van der Waals surface area contributed by atoms with Gasteiger partial charge in [0.15, 0.2) is 34.9 Å². The Hall–Kier alpha value is -4.54. The molecule has 42 heavy (non-hydrogen) atoms. The van der Waals surface area contributed by atoms with E-state index < -0.39 is 0 Å². The Morgan fingerprint density at radius 3 is 1.12 bits per heavy atom. The summed E-state index contributed by atoms with van der Waals surface area (Å²) in [5.41, 5.74) is 0. The Balaban J connectivity index is 0.000000175. The van der Waals surface area contributed by atoms with E-state index in [1.807, 2.05) is 101 Å². The van der Waals surface area contributed by atoms with Crippen LogP contribution in [0, 0.1) is 12.3 Å². The van der Waals surface area contributed by atoms with Crippen molar-refractivity contribution in [2.24, 2.45) is 35.2 Å². The minimum atomic E-state index is 0. The first kappa shape index (κ1) is 32.0. The fourth-order valence-corrected chi connectivity index (χ4v) is 4.11. The first-order chi connectivity index (χ1) is 19.9. The van der Waals surface area contributed by atoms with Crippen LogP contribution in [-0.4, -0.2) is 57.3 Å². The zero-order valence-electron chi connectivity index (χ0n) is 24.6. The molecule has 0 fully saturated rings. The standard InChI is InChI=1S/C13H16N4.2C8H10N4.Os/c1-3-4-5-6-9-17-11-8-15-13(17)12-14-7-10-16(12)2;2*1-11-5-3-9-7(11)8-10-4-6-12(8)2;/h1,7-8,10-11H,4-6,9H2,2H3;2*3-6H,1-2H3;. The Morgan fingerprint density at radius 1 is 0.500 bits per heavy atom. The predicted molar refractivity (Wildman–Crippen MR) is 158 cm³/mol. The summed E-state index contributed by atoms with van der Waals surface area (Å²) in [6.07, 6.45) is 30.4. The van der Waals surface area contributed by atoms with Gasteiger partial charge in [0.05, 0.1) is 0 Å². The maximum atomic E-state index is 5.23. The van der Waals surface area contributed by atoms with E-state index in [-0.39, 0.29) is 19.8 Å². The van der Waals surface area contributed by atoms with E-state index in [0.29, 0.717) is 0 Å². The molecule has 6 aromatic rings. The van der Waals surface area contributed by atoms with Crippen LogP contribution in [0.4, 0.5) is 0 Å². The summed E-state index contributed by atoms with van der Waals surface area (Å²) in [6.45, 7) is 0.934. The summed E-state index contributed by atoms with van der Waals surface area (Å²) in [6, 6.07) is 0. The molecule has 0 bridgehead atoms. The molecular weight excluding hydrogens is 707 g/mol. The molecule has 6 heterocycles. The van der Waals surface area contributed by atoms with Gasteiger partial charge < -0.3 is 27.4 Å². The number of aromatic nitrogens is 12. The number of hydrogen-bond donors (Lipinski definition) is 0. The van der Waals surface area contributed by atoms with Gasteiger partial charge in [0.1, 0.15) is 0 Å². The molecular formula is C29H36N12Os. The molecule has 0 aromatic carbocycles. The van der Waals surface area contributed by atoms with E-state index in [1.165, 1.54) is 0 Å². The SMILES string of the molecule is C#CCCCCn1ccnc1-c1nccn1C.Cn1ccnc1-c1nccn1C.Cn1ccnc1-c1nccn1C.[Os]. The number of rotatable bonds is 7. The molecule has 0 aliphatic rings. The van der Waals surface area contributed by atoms with Crippen LogP contribution in [0.2, 0.25) is 0 Å². The van der Waals surface area contributed by atoms with E-state index >= 15 is 0 Å². The molecule has 0 aliphatic heterocycles. The zero-order valence-corrected chi connectivity index (χ0v) is 27.1. The Bertz CT molecular complexity index is 1530. The number of terminal acetylenes is 1. The average molecular weight is 743 g/mol. The first-order valence-corrected chi connectivity index (χ1v) is 13.2. The van der Waals surface area contributed by atoms with Crippen LogP contribution in [-0.2, 0) is 61.6 Å². The number of hydrogen-bond acceptors (Lipinski definition) is 6. The minimum Gasteiger partial charge on any atom is -0.331 e. The molecule has 220 valence electrons. The van der Waals surface area contributed by atoms with Crippen molar-refractivity contribution in [2.45, 2.75) is 25.8 Å². The van der Waals surface area contributed by atoms with Gasteiger partial charge >= 0.3 is 0 Å². The van der Waals surface area contributed by atoms with Gasteiger partial charge in [-0.25, -0.2) is 29.9 Å². The summed E-state index contributed by atoms with van der Waals surface area (Å²) >= 11 is 0. The van der Waals surface area contributed by atoms with Crippen LogP contribution in [0.3, 0.4) is 0 Å². The molecule has 0 saturated heterocycles. The van der Waals surface area contributed by atoms with Gasteiger partial charge in [0.25, 0.3) is 0 Å². The van der Waals surface area contributed by atoms with Gasteiger partial charge in [-0.15, -0.1) is 12.3 Å². The van der Waals surface area contributed by atoms with Crippen molar-refractivity contribution in [1.82, 2.24) is 57.3 Å². The van der Waals surface area contributed by atoms with Crippen molar-refractivity contribution >= 4 is 0 Å². The van der Waals surface area contributed by atoms with Crippen LogP contribution in [0.15, 0.2) is 74.4 Å². The quantitative estimate of drug-likeness (QED) is 0.183. The molecule has 6 aromatic heterocycles. The summed E-state index contributed by atoms with van der Waals surface area (Å²) in [5, 5.41) is 0. The maximum absolute atomic E-state index is 5.23. The summed E-state index contributed by atoms with van der Waals surface area (Å²) in [5.74, 6) is 8.03. The molecule has 0 atom stereocenters. The minimum absolute atomic E-state index is 0. The fraction of sp³-hybridized carbons (Fsp3) is 0.310. The van der Waals surface area contributed by atoms with Crippen LogP contribution in [0.5, 0.6) is 0 Å². The normalized spacial score (nSPS) is 10.2. The van der Waals surface area contributed by atoms with Crippen LogP contribution in [0.1, 0.15) is 19.3 Å². The van der Waals surface area contributed by atoms with Crippen LogP contribution < -0.4 is 0 Å². The maximum Gasteiger partial charge on any atom is 0.176 e. The molecule has 6 rings (SSSR count). The second-order valence-corrected chi connectivity index (χ2v) is 9.41. The molecule has 0 aliphatic carbocycles. The van der Waals surface area contributed by atoms with Gasteiger partial charge in [-0.3, -0.25) is 0 Å². The van der Waals surface area contributed by atoms with Crippen LogP contribution in [0.25, 0.3) is 34.9 Å². The second-order valence-electron chi connectivity index (χ2n) is 9.41. The number of imidazole rings is 6. The molecule has 12 nitrogen and oxygen atoms in total. The van der Waals surface area contributed by atoms with Gasteiger partial charge in [0.2, 0.25) is 0 Å². The molecule has 0 saturated carbocycles. The largest absolute Gasteiger partial charge is 0.331 e. The van der Waals surface area contributed by atoms with Gasteiger partial charge in [0, 0.05) is 142 Å². The number of unbranched alkanes of at least 4 members (excludes halogenated alkanes) is 2. The predicted octanol–water partition coefficient (Wildman–Crippen LogP) is 3.73. The van der Waals surface area contributed by atoms with Gasteiger partial charge in [-0.2, -0.15) is 0 Å². The van der Waals surface area contributed by atoms with Crippen molar-refractivity contribution in [3.63, 3.8) is 0 Å². The smallest absolute Gasteiger partial charge is 0.176 e. The Morgan fingerprint density at radius 2 is 0.810 bits per heavy atom. The van der Waals surface area contributed by atoms with Crippen molar-refractivity contribution in [3.8, 4) is 47.3 Å². The first-order valence-electron chi connectivity index (χ1n) is 13.2.